The van der Waals surface area contributed by atoms with Crippen LogP contribution in [0.4, 0.5) is 0 Å². The summed E-state index contributed by atoms with van der Waals surface area (Å²) in [7, 11) is 0. The number of piperazine rings is 1. The molecule has 1 aliphatic heterocycles. The van der Waals surface area contributed by atoms with E-state index in [2.05, 4.69) is 15.6 Å². The maximum absolute atomic E-state index is 4.84. The van der Waals surface area contributed by atoms with E-state index in [9.17, 15) is 0 Å². The van der Waals surface area contributed by atoms with Gasteiger partial charge >= 0.3 is 0 Å². The predicted molar refractivity (Wildman–Crippen MR) is 71.5 cm³/mol. The Kier molecular flexibility index (Phi) is 3.74. The molecule has 0 spiro atoms. The quantitative estimate of drug-likeness (QED) is 0.892. The highest BCUT2D eigenvalue weighted by Gasteiger charge is 2.20. The van der Waals surface area contributed by atoms with Crippen molar-refractivity contribution < 1.29 is 0 Å². The largest absolute Gasteiger partial charge is 0.314 e. The van der Waals surface area contributed by atoms with E-state index in [0.717, 1.165) is 25.6 Å². The number of nitrogens with zero attached hydrogens (tertiary/aromatic N) is 2. The summed E-state index contributed by atoms with van der Waals surface area (Å²) in [6.07, 6.45) is 5.51. The van der Waals surface area contributed by atoms with Crippen LogP contribution in [0.25, 0.3) is 0 Å². The van der Waals surface area contributed by atoms with Crippen LogP contribution in [0.15, 0.2) is 5.38 Å². The van der Waals surface area contributed by atoms with Crippen LogP contribution in [0.2, 0.25) is 0 Å². The van der Waals surface area contributed by atoms with Gasteiger partial charge in [-0.1, -0.05) is 12.8 Å². The molecule has 1 saturated carbocycles. The molecule has 2 fully saturated rings. The molecule has 2 aliphatic rings. The SMILES string of the molecule is c1sc(CN2CCNCC2)nc1C1CCCC1. The van der Waals surface area contributed by atoms with Gasteiger partial charge in [0.2, 0.25) is 0 Å². The second kappa shape index (κ2) is 5.46. The topological polar surface area (TPSA) is 28.2 Å². The Morgan fingerprint density at radius 2 is 2.06 bits per heavy atom. The van der Waals surface area contributed by atoms with E-state index >= 15 is 0 Å². The van der Waals surface area contributed by atoms with Crippen molar-refractivity contribution in [2.24, 2.45) is 0 Å². The number of aromatic nitrogens is 1. The normalized spacial score (nSPS) is 23.3. The molecule has 1 aliphatic carbocycles. The molecule has 94 valence electrons. The van der Waals surface area contributed by atoms with E-state index in [0.29, 0.717) is 0 Å². The second-order valence-electron chi connectivity index (χ2n) is 5.17. The Morgan fingerprint density at radius 1 is 1.29 bits per heavy atom. The Morgan fingerprint density at radius 3 is 2.82 bits per heavy atom. The van der Waals surface area contributed by atoms with Crippen molar-refractivity contribution in [3.05, 3.63) is 16.1 Å². The lowest BCUT2D eigenvalue weighted by Crippen LogP contribution is -2.42. The molecule has 2 heterocycles. The molecule has 0 radical (unpaired) electrons. The average Bonchev–Trinajstić information content (AvgIpc) is 3.00. The molecule has 0 bridgehead atoms. The first kappa shape index (κ1) is 11.6. The van der Waals surface area contributed by atoms with Gasteiger partial charge in [0.1, 0.15) is 5.01 Å². The summed E-state index contributed by atoms with van der Waals surface area (Å²) in [6, 6.07) is 0. The van der Waals surface area contributed by atoms with Crippen molar-refractivity contribution in [1.29, 1.82) is 0 Å². The fraction of sp³-hybridized carbons (Fsp3) is 0.769. The standard InChI is InChI=1S/C13H21N3S/c1-2-4-11(3-1)12-10-17-13(15-12)9-16-7-5-14-6-8-16/h10-11,14H,1-9H2. The first-order valence-corrected chi connectivity index (χ1v) is 7.67. The van der Waals surface area contributed by atoms with Crippen molar-refractivity contribution in [3.8, 4) is 0 Å². The van der Waals surface area contributed by atoms with Gasteiger partial charge < -0.3 is 5.32 Å². The molecular formula is C13H21N3S. The van der Waals surface area contributed by atoms with Gasteiger partial charge in [0.15, 0.2) is 0 Å². The second-order valence-corrected chi connectivity index (χ2v) is 6.12. The lowest BCUT2D eigenvalue weighted by Gasteiger charge is -2.26. The average molecular weight is 251 g/mol. The molecule has 0 amide bonds. The number of thiazole rings is 1. The molecule has 1 saturated heterocycles. The van der Waals surface area contributed by atoms with Crippen LogP contribution in [0.3, 0.4) is 0 Å². The van der Waals surface area contributed by atoms with Gasteiger partial charge in [-0.05, 0) is 12.8 Å². The number of hydrogen-bond acceptors (Lipinski definition) is 4. The monoisotopic (exact) mass is 251 g/mol. The zero-order valence-electron chi connectivity index (χ0n) is 10.3. The van der Waals surface area contributed by atoms with Crippen LogP contribution in [-0.4, -0.2) is 36.1 Å². The highest BCUT2D eigenvalue weighted by atomic mass is 32.1. The Bertz CT molecular complexity index is 351. The maximum atomic E-state index is 4.84. The molecule has 0 atom stereocenters. The van der Waals surface area contributed by atoms with Gasteiger partial charge in [-0.3, -0.25) is 4.90 Å². The third-order valence-corrected chi connectivity index (χ3v) is 4.76. The van der Waals surface area contributed by atoms with Crippen LogP contribution < -0.4 is 5.32 Å². The van der Waals surface area contributed by atoms with Crippen LogP contribution in [0.1, 0.15) is 42.3 Å². The Balaban J connectivity index is 1.59. The molecule has 3 rings (SSSR count). The molecule has 3 nitrogen and oxygen atoms in total. The van der Waals surface area contributed by atoms with Crippen molar-refractivity contribution in [3.63, 3.8) is 0 Å². The number of rotatable bonds is 3. The van der Waals surface area contributed by atoms with Gasteiger partial charge in [-0.25, -0.2) is 4.98 Å². The minimum absolute atomic E-state index is 0.767. The molecule has 1 aromatic rings. The summed E-state index contributed by atoms with van der Waals surface area (Å²) in [5, 5.41) is 7.00. The minimum atomic E-state index is 0.767. The summed E-state index contributed by atoms with van der Waals surface area (Å²) < 4.78 is 0. The summed E-state index contributed by atoms with van der Waals surface area (Å²) >= 11 is 1.86. The van der Waals surface area contributed by atoms with Crippen LogP contribution in [0, 0.1) is 0 Å². The predicted octanol–water partition coefficient (Wildman–Crippen LogP) is 2.21. The zero-order chi connectivity index (χ0) is 11.5. The summed E-state index contributed by atoms with van der Waals surface area (Å²) in [5.41, 5.74) is 1.37. The third kappa shape index (κ3) is 2.87. The molecule has 1 N–H and O–H groups in total. The third-order valence-electron chi connectivity index (χ3n) is 3.91. The number of hydrogen-bond donors (Lipinski definition) is 1. The first-order valence-electron chi connectivity index (χ1n) is 6.79. The Hall–Kier alpha value is -0.450. The van der Waals surface area contributed by atoms with Crippen molar-refractivity contribution in [2.45, 2.75) is 38.1 Å². The lowest BCUT2D eigenvalue weighted by molar-refractivity contribution is 0.233. The van der Waals surface area contributed by atoms with Gasteiger partial charge in [0, 0.05) is 37.5 Å². The highest BCUT2D eigenvalue weighted by Crippen LogP contribution is 2.34. The van der Waals surface area contributed by atoms with E-state index in [1.165, 1.54) is 49.5 Å². The van der Waals surface area contributed by atoms with E-state index < -0.39 is 0 Å². The maximum Gasteiger partial charge on any atom is 0.107 e. The fourth-order valence-corrected chi connectivity index (χ4v) is 3.78. The molecule has 0 aromatic carbocycles. The van der Waals surface area contributed by atoms with Gasteiger partial charge in [-0.2, -0.15) is 0 Å². The molecule has 0 unspecified atom stereocenters. The molecule has 4 heteroatoms. The molecule has 1 aromatic heterocycles. The van der Waals surface area contributed by atoms with Crippen LogP contribution >= 0.6 is 11.3 Å². The zero-order valence-corrected chi connectivity index (χ0v) is 11.1. The lowest BCUT2D eigenvalue weighted by atomic mass is 10.1. The summed E-state index contributed by atoms with van der Waals surface area (Å²) in [5.74, 6) is 0.767. The van der Waals surface area contributed by atoms with Gasteiger partial charge in [-0.15, -0.1) is 11.3 Å². The van der Waals surface area contributed by atoms with E-state index in [1.807, 2.05) is 11.3 Å². The summed E-state index contributed by atoms with van der Waals surface area (Å²) in [4.78, 5) is 7.35. The fourth-order valence-electron chi connectivity index (χ4n) is 2.87. The van der Waals surface area contributed by atoms with Crippen molar-refractivity contribution in [1.82, 2.24) is 15.2 Å². The van der Waals surface area contributed by atoms with E-state index in [4.69, 9.17) is 4.98 Å². The smallest absolute Gasteiger partial charge is 0.107 e. The summed E-state index contributed by atoms with van der Waals surface area (Å²) in [6.45, 7) is 5.64. The van der Waals surface area contributed by atoms with E-state index in [-0.39, 0.29) is 0 Å². The first-order chi connectivity index (χ1) is 8.42. The number of nitrogens with one attached hydrogen (secondary N) is 1. The molecular weight excluding hydrogens is 230 g/mol. The van der Waals surface area contributed by atoms with Gasteiger partial charge in [0.25, 0.3) is 0 Å². The molecule has 17 heavy (non-hydrogen) atoms. The van der Waals surface area contributed by atoms with Crippen LogP contribution in [0.5, 0.6) is 0 Å². The van der Waals surface area contributed by atoms with Gasteiger partial charge in [0.05, 0.1) is 12.2 Å². The highest BCUT2D eigenvalue weighted by molar-refractivity contribution is 7.09. The van der Waals surface area contributed by atoms with Crippen molar-refractivity contribution in [2.75, 3.05) is 26.2 Å². The Labute approximate surface area is 107 Å². The van der Waals surface area contributed by atoms with Crippen molar-refractivity contribution >= 4 is 11.3 Å². The minimum Gasteiger partial charge on any atom is -0.314 e. The van der Waals surface area contributed by atoms with Crippen LogP contribution in [-0.2, 0) is 6.54 Å². The van der Waals surface area contributed by atoms with E-state index in [1.54, 1.807) is 0 Å².